The van der Waals surface area contributed by atoms with Crippen LogP contribution in [0.15, 0.2) is 114 Å². The molecule has 0 bridgehead atoms. The van der Waals surface area contributed by atoms with Crippen molar-refractivity contribution in [2.75, 3.05) is 11.9 Å². The average molecular weight is 567 g/mol. The fraction of sp³-hybridized carbons (Fsp3) is 0.0833. The van der Waals surface area contributed by atoms with Crippen molar-refractivity contribution in [1.82, 2.24) is 9.97 Å². The number of pyridine rings is 1. The molecule has 0 fully saturated rings. The highest BCUT2D eigenvalue weighted by molar-refractivity contribution is 6.16. The maximum absolute atomic E-state index is 14.2. The normalized spacial score (nSPS) is 12.8. The maximum atomic E-state index is 14.2. The smallest absolute Gasteiger partial charge is 0.255 e. The predicted octanol–water partition coefficient (Wildman–Crippen LogP) is 7.78. The minimum atomic E-state index is -0.490. The highest BCUT2D eigenvalue weighted by Gasteiger charge is 2.19. The Morgan fingerprint density at radius 2 is 1.72 bits per heavy atom. The fourth-order valence-corrected chi connectivity index (χ4v) is 5.69. The van der Waals surface area contributed by atoms with Crippen molar-refractivity contribution < 1.29 is 14.3 Å². The summed E-state index contributed by atoms with van der Waals surface area (Å²) in [4.78, 5) is 25.7. The number of nitrogens with zero attached hydrogens (tertiary/aromatic N) is 2. The van der Waals surface area contributed by atoms with Gasteiger partial charge in [0.05, 0.1) is 23.3 Å². The Balaban J connectivity index is 1.26. The second-order valence-electron chi connectivity index (χ2n) is 10.6. The number of hydrogen-bond acceptors (Lipinski definition) is 4. The molecule has 0 spiro atoms. The molecule has 0 saturated heterocycles. The van der Waals surface area contributed by atoms with Crippen molar-refractivity contribution in [3.63, 3.8) is 0 Å². The lowest BCUT2D eigenvalue weighted by Gasteiger charge is -2.12. The fourth-order valence-electron chi connectivity index (χ4n) is 5.69. The zero-order valence-electron chi connectivity index (χ0n) is 23.1. The molecule has 4 aromatic carbocycles. The van der Waals surface area contributed by atoms with Gasteiger partial charge in [0.15, 0.2) is 0 Å². The van der Waals surface area contributed by atoms with Crippen molar-refractivity contribution in [2.45, 2.75) is 12.8 Å². The summed E-state index contributed by atoms with van der Waals surface area (Å²) in [5, 5.41) is 13.9. The van der Waals surface area contributed by atoms with Crippen molar-refractivity contribution in [2.24, 2.45) is 4.99 Å². The first kappa shape index (κ1) is 26.3. The van der Waals surface area contributed by atoms with Crippen LogP contribution < -0.4 is 5.32 Å². The number of halogens is 1. The molecule has 210 valence electrons. The molecule has 0 aliphatic carbocycles. The third kappa shape index (κ3) is 5.28. The van der Waals surface area contributed by atoms with Gasteiger partial charge in [0.2, 0.25) is 0 Å². The van der Waals surface area contributed by atoms with E-state index in [2.05, 4.69) is 39.6 Å². The quantitative estimate of drug-likeness (QED) is 0.199. The first-order valence-corrected chi connectivity index (χ1v) is 14.1. The minimum absolute atomic E-state index is 0.115. The van der Waals surface area contributed by atoms with E-state index in [1.54, 1.807) is 30.6 Å². The molecule has 0 saturated carbocycles. The van der Waals surface area contributed by atoms with Crippen LogP contribution in [0.4, 0.5) is 10.1 Å². The lowest BCUT2D eigenvalue weighted by molar-refractivity contribution is 0.102. The van der Waals surface area contributed by atoms with E-state index in [0.29, 0.717) is 23.4 Å². The van der Waals surface area contributed by atoms with Crippen LogP contribution in [0.5, 0.6) is 5.75 Å². The van der Waals surface area contributed by atoms with Gasteiger partial charge in [0.25, 0.3) is 5.91 Å². The number of H-pyrrole nitrogens is 1. The highest BCUT2D eigenvalue weighted by atomic mass is 19.1. The van der Waals surface area contributed by atoms with Gasteiger partial charge < -0.3 is 15.4 Å². The molecule has 6 nitrogen and oxygen atoms in total. The Morgan fingerprint density at radius 1 is 0.837 bits per heavy atom. The average Bonchev–Trinajstić information content (AvgIpc) is 3.34. The summed E-state index contributed by atoms with van der Waals surface area (Å²) < 4.78 is 14.2. The van der Waals surface area contributed by atoms with Crippen molar-refractivity contribution in [3.8, 4) is 28.0 Å². The second-order valence-corrected chi connectivity index (χ2v) is 10.6. The summed E-state index contributed by atoms with van der Waals surface area (Å²) in [6.45, 7) is 0.696. The number of nitrogens with one attached hydrogen (secondary N) is 2. The third-order valence-electron chi connectivity index (χ3n) is 7.72. The molecular weight excluding hydrogens is 539 g/mol. The molecule has 1 aliphatic rings. The number of anilines is 1. The Labute approximate surface area is 247 Å². The summed E-state index contributed by atoms with van der Waals surface area (Å²) in [5.41, 5.74) is 9.31. The molecule has 0 radical (unpaired) electrons. The molecule has 0 unspecified atom stereocenters. The van der Waals surface area contributed by atoms with Crippen LogP contribution in [-0.2, 0) is 6.42 Å². The molecule has 3 N–H and O–H groups in total. The van der Waals surface area contributed by atoms with Crippen molar-refractivity contribution in [1.29, 1.82) is 0 Å². The first-order valence-electron chi connectivity index (χ1n) is 14.1. The number of phenols is 1. The molecular formula is C36H27FN4O2. The molecule has 7 heteroatoms. The number of aliphatic imine (C=N–C) groups is 1. The summed E-state index contributed by atoms with van der Waals surface area (Å²) in [5.74, 6) is -0.798. The van der Waals surface area contributed by atoms with Gasteiger partial charge in [0.1, 0.15) is 11.6 Å². The van der Waals surface area contributed by atoms with Gasteiger partial charge in [-0.25, -0.2) is 4.39 Å². The number of amides is 1. The molecule has 7 rings (SSSR count). The standard InChI is InChI=1S/C36H27FN4O2/c37-27-14-25(16-29(42)18-27)30-9-4-10-33-32(30)19-34(41-33)35-31-17-24(12-11-22(31)8-5-13-39-35)26-15-28(21-38-20-26)40-36(43)23-6-2-1-3-7-23/h1-4,6-7,9-12,14-21,41-42H,5,8,13H2,(H,40,43). The Kier molecular flexibility index (Phi) is 6.75. The summed E-state index contributed by atoms with van der Waals surface area (Å²) in [7, 11) is 0. The van der Waals surface area contributed by atoms with E-state index >= 15 is 0 Å². The maximum Gasteiger partial charge on any atom is 0.255 e. The first-order chi connectivity index (χ1) is 21.0. The topological polar surface area (TPSA) is 90.4 Å². The van der Waals surface area contributed by atoms with E-state index in [0.717, 1.165) is 63.5 Å². The monoisotopic (exact) mass is 566 g/mol. The molecule has 1 amide bonds. The number of carbonyl (C=O) groups is 1. The van der Waals surface area contributed by atoms with Gasteiger partial charge >= 0.3 is 0 Å². The van der Waals surface area contributed by atoms with Gasteiger partial charge in [0, 0.05) is 46.4 Å². The van der Waals surface area contributed by atoms with Crippen molar-refractivity contribution >= 4 is 28.2 Å². The molecule has 43 heavy (non-hydrogen) atoms. The number of aromatic nitrogens is 2. The Morgan fingerprint density at radius 3 is 2.58 bits per heavy atom. The molecule has 0 atom stereocenters. The zero-order valence-corrected chi connectivity index (χ0v) is 23.1. The van der Waals surface area contributed by atoms with E-state index in [1.165, 1.54) is 11.6 Å². The van der Waals surface area contributed by atoms with Crippen LogP contribution in [0.1, 0.15) is 33.6 Å². The lowest BCUT2D eigenvalue weighted by atomic mass is 9.94. The van der Waals surface area contributed by atoms with Crippen LogP contribution >= 0.6 is 0 Å². The minimum Gasteiger partial charge on any atom is -0.508 e. The van der Waals surface area contributed by atoms with Crippen LogP contribution in [0.25, 0.3) is 33.2 Å². The molecule has 1 aliphatic heterocycles. The Hall–Kier alpha value is -5.56. The molecule has 3 heterocycles. The number of fused-ring (bicyclic) bond motifs is 2. The number of phenolic OH excluding ortho intramolecular Hbond substituents is 1. The largest absolute Gasteiger partial charge is 0.508 e. The van der Waals surface area contributed by atoms with Gasteiger partial charge in [-0.15, -0.1) is 0 Å². The highest BCUT2D eigenvalue weighted by Crippen LogP contribution is 2.34. The van der Waals surface area contributed by atoms with E-state index in [1.807, 2.05) is 42.5 Å². The van der Waals surface area contributed by atoms with Crippen LogP contribution in [0, 0.1) is 5.82 Å². The predicted molar refractivity (Wildman–Crippen MR) is 168 cm³/mol. The van der Waals surface area contributed by atoms with Crippen LogP contribution in [0.2, 0.25) is 0 Å². The number of hydrogen-bond donors (Lipinski definition) is 3. The number of benzene rings is 4. The van der Waals surface area contributed by atoms with Gasteiger partial charge in [-0.05, 0) is 83.6 Å². The van der Waals surface area contributed by atoms with Gasteiger partial charge in [-0.1, -0.05) is 42.5 Å². The van der Waals surface area contributed by atoms with Gasteiger partial charge in [-0.2, -0.15) is 0 Å². The van der Waals surface area contributed by atoms with Crippen LogP contribution in [0.3, 0.4) is 0 Å². The lowest BCUT2D eigenvalue weighted by Crippen LogP contribution is -2.11. The zero-order chi connectivity index (χ0) is 29.3. The molecule has 6 aromatic rings. The second kappa shape index (κ2) is 11.0. The molecule has 2 aromatic heterocycles. The van der Waals surface area contributed by atoms with E-state index in [9.17, 15) is 14.3 Å². The number of carbonyl (C=O) groups excluding carboxylic acids is 1. The van der Waals surface area contributed by atoms with Crippen LogP contribution in [-0.4, -0.2) is 33.2 Å². The number of aromatic amines is 1. The summed E-state index contributed by atoms with van der Waals surface area (Å²) >= 11 is 0. The van der Waals surface area contributed by atoms with E-state index in [-0.39, 0.29) is 11.7 Å². The SMILES string of the molecule is O=C(Nc1cncc(-c2ccc3c(c2)C(c2cc4c(-c5cc(O)cc(F)c5)cccc4[nH]2)=NCCC3)c1)c1ccccc1. The Bertz CT molecular complexity index is 2010. The summed E-state index contributed by atoms with van der Waals surface area (Å²) in [6, 6.07) is 29.3. The van der Waals surface area contributed by atoms with Gasteiger partial charge in [-0.3, -0.25) is 14.8 Å². The van der Waals surface area contributed by atoms with Crippen molar-refractivity contribution in [3.05, 3.63) is 138 Å². The number of aryl methyl sites for hydroxylation is 1. The number of rotatable bonds is 5. The number of aromatic hydroxyl groups is 1. The third-order valence-corrected chi connectivity index (χ3v) is 7.72. The summed E-state index contributed by atoms with van der Waals surface area (Å²) in [6.07, 6.45) is 5.27. The van der Waals surface area contributed by atoms with E-state index in [4.69, 9.17) is 4.99 Å². The van der Waals surface area contributed by atoms with E-state index < -0.39 is 5.82 Å².